The lowest BCUT2D eigenvalue weighted by molar-refractivity contribution is 0.0729. The first-order valence-corrected chi connectivity index (χ1v) is 8.21. The number of amides is 1. The molecule has 1 aromatic carbocycles. The first-order valence-electron chi connectivity index (χ1n) is 7.83. The van der Waals surface area contributed by atoms with E-state index in [2.05, 4.69) is 9.55 Å². The summed E-state index contributed by atoms with van der Waals surface area (Å²) in [5.74, 6) is 1.10. The highest BCUT2D eigenvalue weighted by atomic mass is 35.5. The average Bonchev–Trinajstić information content (AvgIpc) is 2.97. The number of carbonyl (C=O) groups is 1. The molecule has 0 fully saturated rings. The van der Waals surface area contributed by atoms with E-state index in [1.165, 1.54) is 24.0 Å². The number of aromatic nitrogens is 2. The first-order chi connectivity index (χ1) is 10.7. The summed E-state index contributed by atoms with van der Waals surface area (Å²) in [5.41, 5.74) is 3.03. The molecule has 5 heteroatoms. The van der Waals surface area contributed by atoms with E-state index >= 15 is 0 Å². The molecule has 0 atom stereocenters. The minimum Gasteiger partial charge on any atom is -0.334 e. The van der Waals surface area contributed by atoms with Crippen LogP contribution in [0.5, 0.6) is 0 Å². The summed E-state index contributed by atoms with van der Waals surface area (Å²) in [6.07, 6.45) is 6.11. The Morgan fingerprint density at radius 2 is 2.05 bits per heavy atom. The van der Waals surface area contributed by atoms with Crippen LogP contribution in [0.1, 0.15) is 40.3 Å². The van der Waals surface area contributed by atoms with Crippen LogP contribution in [0, 0.1) is 0 Å². The van der Waals surface area contributed by atoms with Gasteiger partial charge in [0.15, 0.2) is 0 Å². The fraction of sp³-hybridized carbons (Fsp3) is 0.412. The number of benzene rings is 1. The van der Waals surface area contributed by atoms with Gasteiger partial charge in [0.25, 0.3) is 5.91 Å². The molecule has 0 radical (unpaired) electrons. The Hall–Kier alpha value is -1.81. The van der Waals surface area contributed by atoms with Crippen LogP contribution in [-0.2, 0) is 25.9 Å². The monoisotopic (exact) mass is 315 g/mol. The predicted molar refractivity (Wildman–Crippen MR) is 85.1 cm³/mol. The van der Waals surface area contributed by atoms with Crippen LogP contribution >= 0.6 is 11.6 Å². The zero-order valence-corrected chi connectivity index (χ0v) is 13.1. The van der Waals surface area contributed by atoms with Gasteiger partial charge in [-0.15, -0.1) is 0 Å². The van der Waals surface area contributed by atoms with Crippen molar-refractivity contribution in [2.45, 2.75) is 38.8 Å². The third-order valence-electron chi connectivity index (χ3n) is 4.60. The van der Waals surface area contributed by atoms with Crippen LogP contribution < -0.4 is 0 Å². The lowest BCUT2D eigenvalue weighted by Crippen LogP contribution is -2.36. The van der Waals surface area contributed by atoms with Crippen molar-refractivity contribution < 1.29 is 4.79 Å². The first kappa shape index (κ1) is 13.8. The van der Waals surface area contributed by atoms with Gasteiger partial charge >= 0.3 is 0 Å². The zero-order valence-electron chi connectivity index (χ0n) is 12.4. The van der Waals surface area contributed by atoms with E-state index in [4.69, 9.17) is 11.6 Å². The largest absolute Gasteiger partial charge is 0.334 e. The van der Waals surface area contributed by atoms with Crippen LogP contribution in [0.25, 0.3) is 0 Å². The molecule has 114 valence electrons. The highest BCUT2D eigenvalue weighted by Crippen LogP contribution is 2.24. The Labute approximate surface area is 134 Å². The van der Waals surface area contributed by atoms with Crippen molar-refractivity contribution >= 4 is 17.5 Å². The molecule has 0 bridgehead atoms. The quantitative estimate of drug-likeness (QED) is 0.811. The highest BCUT2D eigenvalue weighted by Gasteiger charge is 2.25. The van der Waals surface area contributed by atoms with Crippen LogP contribution in [0.4, 0.5) is 0 Å². The van der Waals surface area contributed by atoms with Crippen molar-refractivity contribution in [2.24, 2.45) is 0 Å². The van der Waals surface area contributed by atoms with E-state index in [0.717, 1.165) is 36.8 Å². The summed E-state index contributed by atoms with van der Waals surface area (Å²) in [6, 6.07) is 5.92. The molecule has 0 unspecified atom stereocenters. The second-order valence-corrected chi connectivity index (χ2v) is 6.52. The maximum absolute atomic E-state index is 12.7. The number of carbonyl (C=O) groups excluding carboxylic acids is 1. The standard InChI is InChI=1S/C17H18ClN3O/c18-14-5-4-13-10-21(8-6-12(13)9-14)17(22)15-11-20-7-2-1-3-16(20)19-15/h4-5,9,11H,1-3,6-8,10H2. The van der Waals surface area contributed by atoms with Crippen molar-refractivity contribution in [1.82, 2.24) is 14.5 Å². The fourth-order valence-corrected chi connectivity index (χ4v) is 3.57. The maximum Gasteiger partial charge on any atom is 0.274 e. The Morgan fingerprint density at radius 3 is 2.91 bits per heavy atom. The fourth-order valence-electron chi connectivity index (χ4n) is 3.37. The molecule has 0 spiro atoms. The molecule has 2 aliphatic rings. The lowest BCUT2D eigenvalue weighted by Gasteiger charge is -2.28. The molecule has 0 saturated heterocycles. The van der Waals surface area contributed by atoms with Gasteiger partial charge in [-0.2, -0.15) is 0 Å². The third-order valence-corrected chi connectivity index (χ3v) is 4.83. The van der Waals surface area contributed by atoms with Gasteiger partial charge in [-0.3, -0.25) is 4.79 Å². The van der Waals surface area contributed by atoms with Crippen LogP contribution in [0.3, 0.4) is 0 Å². The van der Waals surface area contributed by atoms with Crippen LogP contribution in [0.2, 0.25) is 5.02 Å². The normalized spacial score (nSPS) is 17.0. The molecule has 1 aromatic heterocycles. The Bertz CT molecular complexity index is 714. The van der Waals surface area contributed by atoms with Crippen LogP contribution in [-0.4, -0.2) is 26.9 Å². The molecule has 0 aliphatic carbocycles. The molecule has 4 rings (SSSR count). The molecule has 3 heterocycles. The van der Waals surface area contributed by atoms with Gasteiger partial charge in [0.1, 0.15) is 11.5 Å². The van der Waals surface area contributed by atoms with E-state index in [1.807, 2.05) is 29.3 Å². The van der Waals surface area contributed by atoms with Crippen molar-refractivity contribution in [3.63, 3.8) is 0 Å². The summed E-state index contributed by atoms with van der Waals surface area (Å²) in [5, 5.41) is 0.764. The number of imidazole rings is 1. The van der Waals surface area contributed by atoms with Gasteiger partial charge in [-0.1, -0.05) is 17.7 Å². The molecule has 2 aliphatic heterocycles. The number of aryl methyl sites for hydroxylation is 2. The van der Waals surface area contributed by atoms with Crippen molar-refractivity contribution in [3.05, 3.63) is 52.1 Å². The molecular formula is C17H18ClN3O. The highest BCUT2D eigenvalue weighted by molar-refractivity contribution is 6.30. The number of nitrogens with zero attached hydrogens (tertiary/aromatic N) is 3. The second kappa shape index (κ2) is 5.43. The van der Waals surface area contributed by atoms with E-state index in [9.17, 15) is 4.79 Å². The smallest absolute Gasteiger partial charge is 0.274 e. The summed E-state index contributed by atoms with van der Waals surface area (Å²) >= 11 is 6.04. The Balaban J connectivity index is 1.56. The minimum absolute atomic E-state index is 0.0440. The topological polar surface area (TPSA) is 38.1 Å². The van der Waals surface area contributed by atoms with Gasteiger partial charge in [0, 0.05) is 37.3 Å². The summed E-state index contributed by atoms with van der Waals surface area (Å²) < 4.78 is 2.13. The number of halogens is 1. The van der Waals surface area contributed by atoms with E-state index in [0.29, 0.717) is 12.2 Å². The third kappa shape index (κ3) is 2.41. The summed E-state index contributed by atoms with van der Waals surface area (Å²) in [7, 11) is 0. The zero-order chi connectivity index (χ0) is 15.1. The second-order valence-electron chi connectivity index (χ2n) is 6.08. The van der Waals surface area contributed by atoms with E-state index in [-0.39, 0.29) is 5.91 Å². The van der Waals surface area contributed by atoms with E-state index < -0.39 is 0 Å². The molecule has 4 nitrogen and oxygen atoms in total. The average molecular weight is 316 g/mol. The SMILES string of the molecule is O=C(c1cn2c(n1)CCCC2)N1CCc2cc(Cl)ccc2C1. The number of hydrogen-bond donors (Lipinski definition) is 0. The van der Waals surface area contributed by atoms with Gasteiger partial charge in [0.2, 0.25) is 0 Å². The van der Waals surface area contributed by atoms with Gasteiger partial charge in [0.05, 0.1) is 0 Å². The lowest BCUT2D eigenvalue weighted by atomic mass is 10.00. The van der Waals surface area contributed by atoms with Crippen molar-refractivity contribution in [1.29, 1.82) is 0 Å². The Morgan fingerprint density at radius 1 is 1.14 bits per heavy atom. The number of rotatable bonds is 1. The van der Waals surface area contributed by atoms with Crippen molar-refractivity contribution in [3.8, 4) is 0 Å². The number of hydrogen-bond acceptors (Lipinski definition) is 2. The molecule has 22 heavy (non-hydrogen) atoms. The van der Waals surface area contributed by atoms with Gasteiger partial charge in [-0.05, 0) is 42.5 Å². The minimum atomic E-state index is 0.0440. The summed E-state index contributed by atoms with van der Waals surface area (Å²) in [6.45, 7) is 2.36. The molecule has 2 aromatic rings. The number of fused-ring (bicyclic) bond motifs is 2. The van der Waals surface area contributed by atoms with E-state index in [1.54, 1.807) is 0 Å². The van der Waals surface area contributed by atoms with Gasteiger partial charge < -0.3 is 9.47 Å². The molecule has 1 amide bonds. The summed E-state index contributed by atoms with van der Waals surface area (Å²) in [4.78, 5) is 19.2. The Kier molecular flexibility index (Phi) is 3.41. The molecular weight excluding hydrogens is 298 g/mol. The molecule has 0 saturated carbocycles. The predicted octanol–water partition coefficient (Wildman–Crippen LogP) is 3.07. The maximum atomic E-state index is 12.7. The van der Waals surface area contributed by atoms with Crippen molar-refractivity contribution in [2.75, 3.05) is 6.54 Å². The van der Waals surface area contributed by atoms with Crippen LogP contribution in [0.15, 0.2) is 24.4 Å². The molecule has 0 N–H and O–H groups in total. The van der Waals surface area contributed by atoms with Gasteiger partial charge in [-0.25, -0.2) is 4.98 Å².